The van der Waals surface area contributed by atoms with Crippen LogP contribution in [0.5, 0.6) is 17.2 Å². The van der Waals surface area contributed by atoms with Crippen molar-refractivity contribution in [3.05, 3.63) is 205 Å². The van der Waals surface area contributed by atoms with Crippen molar-refractivity contribution in [1.29, 1.82) is 0 Å². The number of hydrogen-bond acceptors (Lipinski definition) is 9. The highest BCUT2D eigenvalue weighted by Crippen LogP contribution is 2.39. The Morgan fingerprint density at radius 1 is 0.405 bits per heavy atom. The minimum Gasteiger partial charge on any atom is -0.490 e. The predicted octanol–water partition coefficient (Wildman–Crippen LogP) is 17.8. The quantitative estimate of drug-likeness (QED) is 0.0735. The molecule has 0 fully saturated rings. The van der Waals surface area contributed by atoms with Gasteiger partial charge >= 0.3 is 0 Å². The van der Waals surface area contributed by atoms with Crippen molar-refractivity contribution in [2.24, 2.45) is 0 Å². The summed E-state index contributed by atoms with van der Waals surface area (Å²) in [4.78, 5) is 6.63. The molecular weight excluding hydrogens is 1010 g/mol. The number of ether oxygens (including phenoxy) is 2. The number of benzene rings is 8. The maximum absolute atomic E-state index is 13.8. The van der Waals surface area contributed by atoms with Crippen LogP contribution in [0.3, 0.4) is 0 Å². The molecule has 8 aromatic carbocycles. The molecule has 382 valence electrons. The lowest BCUT2D eigenvalue weighted by Gasteiger charge is -2.35. The van der Waals surface area contributed by atoms with Crippen LogP contribution in [-0.4, -0.2) is 27.7 Å². The highest BCUT2D eigenvalue weighted by molar-refractivity contribution is 8.00. The van der Waals surface area contributed by atoms with Crippen LogP contribution in [0.25, 0.3) is 11.1 Å². The fraction of sp³-hybridized carbons (Fsp3) is 0.238. The van der Waals surface area contributed by atoms with E-state index in [1.54, 1.807) is 84.2 Å². The molecule has 8 aromatic rings. The lowest BCUT2D eigenvalue weighted by molar-refractivity contribution is 0.128. The fourth-order valence-corrected chi connectivity index (χ4v) is 13.5. The number of rotatable bonds is 19. The minimum absolute atomic E-state index is 0.0284. The minimum atomic E-state index is -3.75. The Labute approximate surface area is 452 Å². The number of thioether (sulfide) groups is 1. The molecular formula is C63H64O6S5. The van der Waals surface area contributed by atoms with Crippen LogP contribution in [0.1, 0.15) is 86.3 Å². The van der Waals surface area contributed by atoms with Gasteiger partial charge in [-0.3, -0.25) is 0 Å². The summed E-state index contributed by atoms with van der Waals surface area (Å²) < 4.78 is 67.3. The van der Waals surface area contributed by atoms with Gasteiger partial charge in [0.1, 0.15) is 23.4 Å². The van der Waals surface area contributed by atoms with Crippen LogP contribution in [-0.2, 0) is 30.5 Å². The second-order valence-electron chi connectivity index (χ2n) is 20.3. The summed E-state index contributed by atoms with van der Waals surface area (Å²) in [5, 5.41) is 0. The maximum atomic E-state index is 13.8. The predicted molar refractivity (Wildman–Crippen MR) is 306 cm³/mol. The topological polar surface area (TPSA) is 86.7 Å². The van der Waals surface area contributed by atoms with Crippen molar-refractivity contribution >= 4 is 55.0 Å². The maximum Gasteiger partial charge on any atom is 0.206 e. The lowest BCUT2D eigenvalue weighted by Crippen LogP contribution is -2.38. The van der Waals surface area contributed by atoms with Crippen molar-refractivity contribution in [3.8, 4) is 28.4 Å². The molecule has 2 atom stereocenters. The zero-order valence-electron chi connectivity index (χ0n) is 43.5. The summed E-state index contributed by atoms with van der Waals surface area (Å²) in [6.45, 7) is 19.4. The Morgan fingerprint density at radius 3 is 1.11 bits per heavy atom. The Hall–Kier alpha value is -5.69. The highest BCUT2D eigenvalue weighted by atomic mass is 32.2. The summed E-state index contributed by atoms with van der Waals surface area (Å²) in [5.41, 5.74) is 3.67. The van der Waals surface area contributed by atoms with Crippen LogP contribution < -0.4 is 9.47 Å². The first-order valence-corrected chi connectivity index (χ1v) is 30.3. The van der Waals surface area contributed by atoms with Gasteiger partial charge in [0.2, 0.25) is 19.7 Å². The van der Waals surface area contributed by atoms with E-state index in [0.29, 0.717) is 11.5 Å². The smallest absolute Gasteiger partial charge is 0.206 e. The van der Waals surface area contributed by atoms with E-state index in [4.69, 9.17) is 9.47 Å². The molecule has 0 heterocycles. The summed E-state index contributed by atoms with van der Waals surface area (Å²) in [5.74, 6) is 1.89. The van der Waals surface area contributed by atoms with Crippen molar-refractivity contribution < 1.29 is 26.3 Å². The summed E-state index contributed by atoms with van der Waals surface area (Å²) in [6, 6.07) is 60.9. The molecule has 74 heavy (non-hydrogen) atoms. The van der Waals surface area contributed by atoms with Gasteiger partial charge in [-0.25, -0.2) is 16.8 Å². The zero-order valence-corrected chi connectivity index (χ0v) is 47.5. The zero-order chi connectivity index (χ0) is 52.9. The lowest BCUT2D eigenvalue weighted by atomic mass is 9.76. The Morgan fingerprint density at radius 2 is 0.730 bits per heavy atom. The molecule has 0 spiro atoms. The molecule has 0 radical (unpaired) electrons. The second kappa shape index (κ2) is 22.7. The van der Waals surface area contributed by atoms with Gasteiger partial charge < -0.3 is 9.47 Å². The average Bonchev–Trinajstić information content (AvgIpc) is 3.40. The van der Waals surface area contributed by atoms with E-state index < -0.39 is 25.1 Å². The molecule has 0 aliphatic rings. The van der Waals surface area contributed by atoms with Crippen LogP contribution in [0.15, 0.2) is 238 Å². The molecule has 0 amide bonds. The summed E-state index contributed by atoms with van der Waals surface area (Å²) in [6.07, 6.45) is 1.49. The van der Waals surface area contributed by atoms with E-state index in [1.807, 2.05) is 96.7 Å². The van der Waals surface area contributed by atoms with Gasteiger partial charge in [0, 0.05) is 34.6 Å². The average molecular weight is 1080 g/mol. The van der Waals surface area contributed by atoms with Gasteiger partial charge in [0.25, 0.3) is 0 Å². The van der Waals surface area contributed by atoms with E-state index in [9.17, 15) is 16.8 Å². The van der Waals surface area contributed by atoms with E-state index >= 15 is 0 Å². The first-order chi connectivity index (χ1) is 35.1. The Kier molecular flexibility index (Phi) is 16.7. The van der Waals surface area contributed by atoms with Gasteiger partial charge in [0.15, 0.2) is 0 Å². The van der Waals surface area contributed by atoms with Gasteiger partial charge in [-0.1, -0.05) is 127 Å². The standard InChI is InChI=1S/C63H64O6S5/c1-10-62(7,8)47-16-36-57(37-17-47)73(64,65)59-40-24-51(25-41-59)69-50-22-14-46(15-23-50)45-12-20-49(21-13-45)68-44(3)63(9,11-2)48-18-38-58(39-19-48)74(66,67)60-42-34-55(35-43-60)71-53-28-26-52(27-29-53)70-54-30-32-56(33-31-54)72-61(4,5)6/h12-44H,10-11H2,1-9H3. The molecule has 11 heteroatoms. The normalized spacial score (nSPS) is 13.5. The van der Waals surface area contributed by atoms with Crippen LogP contribution in [0.4, 0.5) is 0 Å². The third-order valence-electron chi connectivity index (χ3n) is 13.7. The number of hydrogen-bond donors (Lipinski definition) is 0. The molecule has 8 rings (SSSR count). The highest BCUT2D eigenvalue weighted by Gasteiger charge is 2.34. The van der Waals surface area contributed by atoms with Gasteiger partial charge in [-0.15, -0.1) is 11.8 Å². The fourth-order valence-electron chi connectivity index (χ4n) is 8.37. The molecule has 0 N–H and O–H groups in total. The van der Waals surface area contributed by atoms with E-state index in [2.05, 4.69) is 111 Å². The molecule has 0 saturated heterocycles. The van der Waals surface area contributed by atoms with Crippen molar-refractivity contribution in [2.45, 2.75) is 141 Å². The third-order valence-corrected chi connectivity index (χ3v) is 20.4. The largest absolute Gasteiger partial charge is 0.490 e. The molecule has 0 bridgehead atoms. The van der Waals surface area contributed by atoms with E-state index in [-0.39, 0.29) is 35.8 Å². The number of sulfone groups is 2. The van der Waals surface area contributed by atoms with Crippen LogP contribution >= 0.6 is 35.3 Å². The SMILES string of the molecule is CCC(C)(C)c1ccc(S(=O)(=O)c2ccc(Oc3ccc(-c4ccc(OC(C)C(C)(CC)c5ccc(S(=O)(=O)c6ccc(Sc7ccc(Sc8ccc(SC(C)(C)C)cc8)cc7)cc6)cc5)cc4)cc3)cc2)cc1. The van der Waals surface area contributed by atoms with E-state index in [1.165, 1.54) is 9.79 Å². The van der Waals surface area contributed by atoms with Crippen molar-refractivity contribution in [3.63, 3.8) is 0 Å². The van der Waals surface area contributed by atoms with Gasteiger partial charge in [-0.2, -0.15) is 0 Å². The molecule has 0 saturated carbocycles. The van der Waals surface area contributed by atoms with Crippen molar-refractivity contribution in [2.75, 3.05) is 0 Å². The Balaban J connectivity index is 0.835. The molecule has 0 aliphatic heterocycles. The van der Waals surface area contributed by atoms with Gasteiger partial charge in [0.05, 0.1) is 19.6 Å². The molecule has 2 unspecified atom stereocenters. The van der Waals surface area contributed by atoms with Crippen LogP contribution in [0.2, 0.25) is 0 Å². The first-order valence-electron chi connectivity index (χ1n) is 24.9. The Bertz CT molecular complexity index is 3370. The summed E-state index contributed by atoms with van der Waals surface area (Å²) in [7, 11) is -7.43. The first kappa shape index (κ1) is 54.6. The third kappa shape index (κ3) is 13.0. The monoisotopic (exact) mass is 1080 g/mol. The van der Waals surface area contributed by atoms with Crippen molar-refractivity contribution in [1.82, 2.24) is 0 Å². The molecule has 6 nitrogen and oxygen atoms in total. The van der Waals surface area contributed by atoms with E-state index in [0.717, 1.165) is 55.5 Å². The van der Waals surface area contributed by atoms with Crippen LogP contribution in [0, 0.1) is 0 Å². The molecule has 0 aliphatic carbocycles. The molecule has 0 aromatic heterocycles. The second-order valence-corrected chi connectivity index (χ2v) is 28.4. The summed E-state index contributed by atoms with van der Waals surface area (Å²) >= 11 is 5.20. The van der Waals surface area contributed by atoms with Gasteiger partial charge in [-0.05, 0) is 193 Å².